The zero-order valence-corrected chi connectivity index (χ0v) is 10.6. The second-order valence-electron chi connectivity index (χ2n) is 5.18. The molecule has 0 spiro atoms. The van der Waals surface area contributed by atoms with Crippen LogP contribution in [0.1, 0.15) is 32.6 Å². The Balaban J connectivity index is 2.22. The van der Waals surface area contributed by atoms with Gasteiger partial charge in [-0.15, -0.1) is 0 Å². The number of benzene rings is 1. The van der Waals surface area contributed by atoms with Crippen molar-refractivity contribution in [2.45, 2.75) is 38.1 Å². The van der Waals surface area contributed by atoms with E-state index in [1.807, 2.05) is 6.92 Å². The lowest BCUT2D eigenvalue weighted by Crippen LogP contribution is -2.52. The number of nitrogens with two attached hydrogens (primary N) is 1. The first-order valence-electron chi connectivity index (χ1n) is 6.36. The Kier molecular flexibility index (Phi) is 3.55. The van der Waals surface area contributed by atoms with Gasteiger partial charge in [-0.05, 0) is 43.9 Å². The first kappa shape index (κ1) is 12.9. The molecule has 1 saturated carbocycles. The number of carbonyl (C=O) groups excluding carboxylic acids is 1. The highest BCUT2D eigenvalue weighted by Crippen LogP contribution is 2.36. The van der Waals surface area contributed by atoms with Gasteiger partial charge in [-0.25, -0.2) is 4.39 Å². The molecule has 1 aromatic carbocycles. The molecule has 3 N–H and O–H groups in total. The maximum atomic E-state index is 13.2. The highest BCUT2D eigenvalue weighted by atomic mass is 19.1. The summed E-state index contributed by atoms with van der Waals surface area (Å²) in [5, 5.41) is 3.12. The van der Waals surface area contributed by atoms with E-state index in [-0.39, 0.29) is 17.6 Å². The molecule has 0 aliphatic heterocycles. The van der Waals surface area contributed by atoms with Crippen LogP contribution in [0.5, 0.6) is 0 Å². The highest BCUT2D eigenvalue weighted by Gasteiger charge is 2.41. The van der Waals surface area contributed by atoms with Crippen molar-refractivity contribution in [2.24, 2.45) is 11.7 Å². The lowest BCUT2D eigenvalue weighted by Gasteiger charge is -2.34. The van der Waals surface area contributed by atoms with Crippen molar-refractivity contribution in [3.8, 4) is 0 Å². The molecule has 1 unspecified atom stereocenters. The molecule has 1 aliphatic rings. The van der Waals surface area contributed by atoms with Crippen LogP contribution in [0.4, 0.5) is 10.1 Å². The minimum atomic E-state index is -0.801. The summed E-state index contributed by atoms with van der Waals surface area (Å²) in [6.07, 6.45) is 4.22. The summed E-state index contributed by atoms with van der Waals surface area (Å²) in [6.45, 7) is 1.82. The fourth-order valence-corrected chi connectivity index (χ4v) is 2.73. The number of hydrogen-bond donors (Lipinski definition) is 2. The van der Waals surface area contributed by atoms with Gasteiger partial charge in [0.2, 0.25) is 5.91 Å². The molecule has 1 fully saturated rings. The predicted octanol–water partition coefficient (Wildman–Crippen LogP) is 2.67. The van der Waals surface area contributed by atoms with Crippen molar-refractivity contribution < 1.29 is 9.18 Å². The summed E-state index contributed by atoms with van der Waals surface area (Å²) in [4.78, 5) is 11.8. The molecule has 0 radical (unpaired) electrons. The SMILES string of the molecule is CC(Nc1cccc(F)c1)(C(N)=O)C1CCCC1. The minimum absolute atomic E-state index is 0.221. The van der Waals surface area contributed by atoms with Crippen LogP contribution in [-0.2, 0) is 4.79 Å². The quantitative estimate of drug-likeness (QED) is 0.863. The molecule has 18 heavy (non-hydrogen) atoms. The van der Waals surface area contributed by atoms with Gasteiger partial charge < -0.3 is 11.1 Å². The standard InChI is InChI=1S/C14H19FN2O/c1-14(13(16)18,10-5-2-3-6-10)17-12-8-4-7-11(15)9-12/h4,7-10,17H,2-3,5-6H2,1H3,(H2,16,18). The van der Waals surface area contributed by atoms with Gasteiger partial charge in [-0.1, -0.05) is 18.9 Å². The monoisotopic (exact) mass is 250 g/mol. The zero-order chi connectivity index (χ0) is 13.2. The molecule has 1 atom stereocenters. The van der Waals surface area contributed by atoms with Crippen LogP contribution in [0.25, 0.3) is 0 Å². The Morgan fingerprint density at radius 3 is 2.67 bits per heavy atom. The van der Waals surface area contributed by atoms with Crippen LogP contribution < -0.4 is 11.1 Å². The third kappa shape index (κ3) is 2.47. The van der Waals surface area contributed by atoms with E-state index in [0.29, 0.717) is 5.69 Å². The van der Waals surface area contributed by atoms with Crippen molar-refractivity contribution in [3.05, 3.63) is 30.1 Å². The van der Waals surface area contributed by atoms with Gasteiger partial charge in [0, 0.05) is 5.69 Å². The fraction of sp³-hybridized carbons (Fsp3) is 0.500. The summed E-state index contributed by atoms with van der Waals surface area (Å²) in [5.74, 6) is -0.477. The van der Waals surface area contributed by atoms with Crippen molar-refractivity contribution >= 4 is 11.6 Å². The second-order valence-corrected chi connectivity index (χ2v) is 5.18. The fourth-order valence-electron chi connectivity index (χ4n) is 2.73. The predicted molar refractivity (Wildman–Crippen MR) is 69.6 cm³/mol. The summed E-state index contributed by atoms with van der Waals surface area (Å²) in [7, 11) is 0. The maximum Gasteiger partial charge on any atom is 0.243 e. The first-order chi connectivity index (χ1) is 8.52. The van der Waals surface area contributed by atoms with E-state index in [0.717, 1.165) is 25.7 Å². The Morgan fingerprint density at radius 1 is 1.44 bits per heavy atom. The number of amides is 1. The number of anilines is 1. The Bertz CT molecular complexity index is 443. The molecule has 1 aliphatic carbocycles. The summed E-state index contributed by atoms with van der Waals surface area (Å²) in [6, 6.07) is 6.13. The molecule has 0 aromatic heterocycles. The van der Waals surface area contributed by atoms with Gasteiger partial charge in [-0.2, -0.15) is 0 Å². The van der Waals surface area contributed by atoms with Crippen LogP contribution in [0, 0.1) is 11.7 Å². The van der Waals surface area contributed by atoms with Crippen molar-refractivity contribution in [1.82, 2.24) is 0 Å². The lowest BCUT2D eigenvalue weighted by atomic mass is 9.83. The van der Waals surface area contributed by atoms with Crippen LogP contribution in [0.2, 0.25) is 0 Å². The Morgan fingerprint density at radius 2 is 2.11 bits per heavy atom. The van der Waals surface area contributed by atoms with Crippen LogP contribution in [0.3, 0.4) is 0 Å². The average Bonchev–Trinajstić information content (AvgIpc) is 2.82. The molecular weight excluding hydrogens is 231 g/mol. The Labute approximate surface area is 107 Å². The van der Waals surface area contributed by atoms with Gasteiger partial charge in [0.05, 0.1) is 0 Å². The normalized spacial score (nSPS) is 19.4. The molecular formula is C14H19FN2O. The van der Waals surface area contributed by atoms with Gasteiger partial charge >= 0.3 is 0 Å². The van der Waals surface area contributed by atoms with Gasteiger partial charge in [-0.3, -0.25) is 4.79 Å². The number of hydrogen-bond acceptors (Lipinski definition) is 2. The number of carbonyl (C=O) groups is 1. The van der Waals surface area contributed by atoms with Crippen molar-refractivity contribution in [3.63, 3.8) is 0 Å². The zero-order valence-electron chi connectivity index (χ0n) is 10.6. The summed E-state index contributed by atoms with van der Waals surface area (Å²) >= 11 is 0. The summed E-state index contributed by atoms with van der Waals surface area (Å²) < 4.78 is 13.2. The molecule has 0 heterocycles. The van der Waals surface area contributed by atoms with E-state index in [4.69, 9.17) is 5.73 Å². The summed E-state index contributed by atoms with van der Waals surface area (Å²) in [5.41, 5.74) is 5.34. The average molecular weight is 250 g/mol. The largest absolute Gasteiger partial charge is 0.371 e. The molecule has 4 heteroatoms. The van der Waals surface area contributed by atoms with Crippen molar-refractivity contribution in [2.75, 3.05) is 5.32 Å². The van der Waals surface area contributed by atoms with Crippen LogP contribution in [0.15, 0.2) is 24.3 Å². The smallest absolute Gasteiger partial charge is 0.243 e. The molecule has 1 aromatic rings. The van der Waals surface area contributed by atoms with Gasteiger partial charge in [0.15, 0.2) is 0 Å². The van der Waals surface area contributed by atoms with E-state index in [1.54, 1.807) is 12.1 Å². The van der Waals surface area contributed by atoms with Gasteiger partial charge in [0.25, 0.3) is 0 Å². The maximum absolute atomic E-state index is 13.2. The van der Waals surface area contributed by atoms with Crippen LogP contribution >= 0.6 is 0 Å². The topological polar surface area (TPSA) is 55.1 Å². The first-order valence-corrected chi connectivity index (χ1v) is 6.36. The third-order valence-electron chi connectivity index (χ3n) is 3.91. The van der Waals surface area contributed by atoms with E-state index in [2.05, 4.69) is 5.32 Å². The second kappa shape index (κ2) is 4.96. The number of halogens is 1. The van der Waals surface area contributed by atoms with E-state index < -0.39 is 5.54 Å². The van der Waals surface area contributed by atoms with E-state index in [1.165, 1.54) is 12.1 Å². The van der Waals surface area contributed by atoms with Crippen LogP contribution in [-0.4, -0.2) is 11.4 Å². The number of nitrogens with one attached hydrogen (secondary N) is 1. The third-order valence-corrected chi connectivity index (χ3v) is 3.91. The molecule has 1 amide bonds. The van der Waals surface area contributed by atoms with Crippen molar-refractivity contribution in [1.29, 1.82) is 0 Å². The van der Waals surface area contributed by atoms with E-state index >= 15 is 0 Å². The highest BCUT2D eigenvalue weighted by molar-refractivity contribution is 5.88. The van der Waals surface area contributed by atoms with E-state index in [9.17, 15) is 9.18 Å². The molecule has 0 saturated heterocycles. The molecule has 3 nitrogen and oxygen atoms in total. The van der Waals surface area contributed by atoms with Gasteiger partial charge in [0.1, 0.15) is 11.4 Å². The molecule has 2 rings (SSSR count). The lowest BCUT2D eigenvalue weighted by molar-refractivity contribution is -0.123. The minimum Gasteiger partial charge on any atom is -0.371 e. The molecule has 98 valence electrons. The molecule has 0 bridgehead atoms. The number of primary amides is 1. The number of rotatable bonds is 4. The Hall–Kier alpha value is -1.58.